The Morgan fingerprint density at radius 1 is 1.38 bits per heavy atom. The van der Waals surface area contributed by atoms with Crippen LogP contribution in [-0.4, -0.2) is 37.8 Å². The number of hydrogen-bond donors (Lipinski definition) is 1. The minimum absolute atomic E-state index is 0.483. The van der Waals surface area contributed by atoms with Crippen molar-refractivity contribution in [1.82, 2.24) is 10.3 Å². The first-order valence-electron chi connectivity index (χ1n) is 7.98. The predicted octanol–water partition coefficient (Wildman–Crippen LogP) is 3.24. The summed E-state index contributed by atoms with van der Waals surface area (Å²) in [7, 11) is 1.79. The van der Waals surface area contributed by atoms with Crippen LogP contribution in [0.1, 0.15) is 50.6 Å². The highest BCUT2D eigenvalue weighted by molar-refractivity contribution is 7.15. The van der Waals surface area contributed by atoms with Crippen molar-refractivity contribution in [2.45, 2.75) is 52.6 Å². The number of aromatic nitrogens is 1. The molecule has 5 heteroatoms. The van der Waals surface area contributed by atoms with Crippen molar-refractivity contribution >= 4 is 16.5 Å². The molecular weight excluding hydrogens is 282 g/mol. The average molecular weight is 311 g/mol. The molecule has 0 spiro atoms. The molecule has 0 bridgehead atoms. The van der Waals surface area contributed by atoms with E-state index in [9.17, 15) is 0 Å². The summed E-state index contributed by atoms with van der Waals surface area (Å²) in [6.07, 6.45) is 1.21. The maximum absolute atomic E-state index is 5.29. The molecule has 1 aromatic heterocycles. The fourth-order valence-corrected chi connectivity index (χ4v) is 3.94. The third kappa shape index (κ3) is 4.41. The van der Waals surface area contributed by atoms with Crippen LogP contribution in [0.15, 0.2) is 0 Å². The standard InChI is InChI=1S/C16H29N3OS/c1-11(2)15-14(8-17-12(3)4)21-16(18-15)19-7-6-13(9-19)10-20-5/h11-13,17H,6-10H2,1-5H3. The second kappa shape index (κ2) is 7.56. The fourth-order valence-electron chi connectivity index (χ4n) is 2.74. The van der Waals surface area contributed by atoms with E-state index in [1.54, 1.807) is 7.11 Å². The van der Waals surface area contributed by atoms with Gasteiger partial charge in [-0.25, -0.2) is 4.98 Å². The van der Waals surface area contributed by atoms with Crippen molar-refractivity contribution in [2.75, 3.05) is 31.7 Å². The van der Waals surface area contributed by atoms with Crippen LogP contribution >= 0.6 is 11.3 Å². The number of hydrogen-bond acceptors (Lipinski definition) is 5. The van der Waals surface area contributed by atoms with Gasteiger partial charge in [-0.05, 0) is 12.3 Å². The van der Waals surface area contributed by atoms with Gasteiger partial charge >= 0.3 is 0 Å². The van der Waals surface area contributed by atoms with E-state index in [1.807, 2.05) is 11.3 Å². The van der Waals surface area contributed by atoms with E-state index in [2.05, 4.69) is 37.9 Å². The second-order valence-electron chi connectivity index (χ2n) is 6.55. The molecule has 0 aromatic carbocycles. The lowest BCUT2D eigenvalue weighted by Crippen LogP contribution is -2.22. The van der Waals surface area contributed by atoms with Gasteiger partial charge in [-0.3, -0.25) is 0 Å². The zero-order chi connectivity index (χ0) is 15.4. The first kappa shape index (κ1) is 16.7. The van der Waals surface area contributed by atoms with Crippen molar-refractivity contribution in [2.24, 2.45) is 5.92 Å². The third-order valence-corrected chi connectivity index (χ3v) is 5.02. The number of thiazole rings is 1. The number of methoxy groups -OCH3 is 1. The fraction of sp³-hybridized carbons (Fsp3) is 0.812. The minimum Gasteiger partial charge on any atom is -0.384 e. The van der Waals surface area contributed by atoms with Crippen LogP contribution in [0.4, 0.5) is 5.13 Å². The zero-order valence-corrected chi connectivity index (χ0v) is 14.8. The summed E-state index contributed by atoms with van der Waals surface area (Å²) in [5, 5.41) is 4.71. The molecule has 0 radical (unpaired) electrons. The van der Waals surface area contributed by atoms with E-state index in [4.69, 9.17) is 9.72 Å². The summed E-state index contributed by atoms with van der Waals surface area (Å²) in [4.78, 5) is 8.75. The van der Waals surface area contributed by atoms with E-state index in [0.29, 0.717) is 17.9 Å². The highest BCUT2D eigenvalue weighted by Gasteiger charge is 2.26. The molecular formula is C16H29N3OS. The number of nitrogens with one attached hydrogen (secondary N) is 1. The molecule has 1 aromatic rings. The average Bonchev–Trinajstić information content (AvgIpc) is 3.02. The van der Waals surface area contributed by atoms with Crippen LogP contribution in [0, 0.1) is 5.92 Å². The summed E-state index contributed by atoms with van der Waals surface area (Å²) in [6.45, 7) is 12.8. The largest absolute Gasteiger partial charge is 0.384 e. The smallest absolute Gasteiger partial charge is 0.185 e. The van der Waals surface area contributed by atoms with E-state index in [-0.39, 0.29) is 0 Å². The molecule has 1 atom stereocenters. The summed E-state index contributed by atoms with van der Waals surface area (Å²) in [5.74, 6) is 1.13. The van der Waals surface area contributed by atoms with Crippen molar-refractivity contribution in [3.05, 3.63) is 10.6 Å². The lowest BCUT2D eigenvalue weighted by Gasteiger charge is -2.14. The minimum atomic E-state index is 0.483. The maximum atomic E-state index is 5.29. The van der Waals surface area contributed by atoms with E-state index < -0.39 is 0 Å². The molecule has 1 aliphatic rings. The normalized spacial score (nSPS) is 19.2. The van der Waals surface area contributed by atoms with Gasteiger partial charge in [0.25, 0.3) is 0 Å². The summed E-state index contributed by atoms with van der Waals surface area (Å²) >= 11 is 1.86. The maximum Gasteiger partial charge on any atom is 0.185 e. The van der Waals surface area contributed by atoms with Crippen LogP contribution < -0.4 is 10.2 Å². The highest BCUT2D eigenvalue weighted by atomic mass is 32.1. The lowest BCUT2D eigenvalue weighted by molar-refractivity contribution is 0.161. The third-order valence-electron chi connectivity index (χ3n) is 3.89. The molecule has 1 fully saturated rings. The Morgan fingerprint density at radius 3 is 2.76 bits per heavy atom. The van der Waals surface area contributed by atoms with Gasteiger partial charge in [0.1, 0.15) is 0 Å². The Bertz CT molecular complexity index is 445. The molecule has 0 aliphatic carbocycles. The number of anilines is 1. The molecule has 0 saturated carbocycles. The Labute approximate surface area is 132 Å². The van der Waals surface area contributed by atoms with Crippen LogP contribution in [0.25, 0.3) is 0 Å². The molecule has 1 unspecified atom stereocenters. The van der Waals surface area contributed by atoms with E-state index >= 15 is 0 Å². The van der Waals surface area contributed by atoms with Crippen molar-refractivity contribution < 1.29 is 4.74 Å². The summed E-state index contributed by atoms with van der Waals surface area (Å²) < 4.78 is 5.29. The van der Waals surface area contributed by atoms with Crippen LogP contribution in [0.2, 0.25) is 0 Å². The zero-order valence-electron chi connectivity index (χ0n) is 14.0. The van der Waals surface area contributed by atoms with Gasteiger partial charge in [-0.15, -0.1) is 11.3 Å². The van der Waals surface area contributed by atoms with Gasteiger partial charge in [0.15, 0.2) is 5.13 Å². The van der Waals surface area contributed by atoms with Crippen molar-refractivity contribution in [3.8, 4) is 0 Å². The van der Waals surface area contributed by atoms with E-state index in [0.717, 1.165) is 26.2 Å². The molecule has 1 N–H and O–H groups in total. The first-order valence-corrected chi connectivity index (χ1v) is 8.79. The molecule has 21 heavy (non-hydrogen) atoms. The molecule has 2 heterocycles. The number of ether oxygens (including phenoxy) is 1. The van der Waals surface area contributed by atoms with E-state index in [1.165, 1.54) is 22.1 Å². The number of nitrogens with zero attached hydrogens (tertiary/aromatic N) is 2. The highest BCUT2D eigenvalue weighted by Crippen LogP contribution is 2.33. The molecule has 2 rings (SSSR count). The molecule has 4 nitrogen and oxygen atoms in total. The first-order chi connectivity index (χ1) is 10.0. The van der Waals surface area contributed by atoms with Crippen LogP contribution in [0.5, 0.6) is 0 Å². The molecule has 0 amide bonds. The summed E-state index contributed by atoms with van der Waals surface area (Å²) in [5.41, 5.74) is 1.26. The van der Waals surface area contributed by atoms with Crippen molar-refractivity contribution in [3.63, 3.8) is 0 Å². The van der Waals surface area contributed by atoms with Crippen LogP contribution in [-0.2, 0) is 11.3 Å². The molecule has 120 valence electrons. The SMILES string of the molecule is COCC1CCN(c2nc(C(C)C)c(CNC(C)C)s2)C1. The predicted molar refractivity (Wildman–Crippen MR) is 90.4 cm³/mol. The van der Waals surface area contributed by atoms with Gasteiger partial charge in [0, 0.05) is 43.6 Å². The van der Waals surface area contributed by atoms with Crippen LogP contribution in [0.3, 0.4) is 0 Å². The summed E-state index contributed by atoms with van der Waals surface area (Å²) in [6, 6.07) is 0.508. The Morgan fingerprint density at radius 2 is 2.14 bits per heavy atom. The second-order valence-corrected chi connectivity index (χ2v) is 7.61. The Hall–Kier alpha value is -0.650. The van der Waals surface area contributed by atoms with Gasteiger partial charge in [-0.2, -0.15) is 0 Å². The van der Waals surface area contributed by atoms with Gasteiger partial charge < -0.3 is 15.0 Å². The lowest BCUT2D eigenvalue weighted by atomic mass is 10.1. The number of rotatable bonds is 7. The monoisotopic (exact) mass is 311 g/mol. The van der Waals surface area contributed by atoms with Gasteiger partial charge in [0.2, 0.25) is 0 Å². The quantitative estimate of drug-likeness (QED) is 0.839. The Kier molecular flexibility index (Phi) is 6.02. The Balaban J connectivity index is 2.08. The molecule has 1 aliphatic heterocycles. The van der Waals surface area contributed by atoms with Crippen molar-refractivity contribution in [1.29, 1.82) is 0 Å². The van der Waals surface area contributed by atoms with Gasteiger partial charge in [0.05, 0.1) is 12.3 Å². The van der Waals surface area contributed by atoms with Gasteiger partial charge in [-0.1, -0.05) is 27.7 Å². The molecule has 1 saturated heterocycles. The topological polar surface area (TPSA) is 37.4 Å².